The molecule has 1 atom stereocenters. The molecule has 140 valence electrons. The van der Waals surface area contributed by atoms with E-state index in [1.165, 1.54) is 0 Å². The first-order valence-electron chi connectivity index (χ1n) is 8.99. The molecule has 1 amide bonds. The van der Waals surface area contributed by atoms with Crippen LogP contribution < -0.4 is 11.1 Å². The van der Waals surface area contributed by atoms with Crippen LogP contribution >= 0.6 is 11.3 Å². The van der Waals surface area contributed by atoms with Crippen molar-refractivity contribution in [2.45, 2.75) is 52.5 Å². The van der Waals surface area contributed by atoms with E-state index in [1.54, 1.807) is 11.3 Å². The third-order valence-electron chi connectivity index (χ3n) is 4.23. The number of nitrogens with zero attached hydrogens (tertiary/aromatic N) is 1. The lowest BCUT2D eigenvalue weighted by molar-refractivity contribution is -0.127. The van der Waals surface area contributed by atoms with Gasteiger partial charge < -0.3 is 11.1 Å². The fourth-order valence-electron chi connectivity index (χ4n) is 2.53. The van der Waals surface area contributed by atoms with Crippen molar-refractivity contribution in [1.82, 2.24) is 10.3 Å². The number of hydrogen-bond donors (Lipinski definition) is 2. The van der Waals surface area contributed by atoms with Crippen LogP contribution in [0.5, 0.6) is 0 Å². The lowest BCUT2D eigenvalue weighted by atomic mass is 10.0. The highest BCUT2D eigenvalue weighted by atomic mass is 32.1. The summed E-state index contributed by atoms with van der Waals surface area (Å²) in [5, 5.41) is 5.97. The molecule has 3 N–H and O–H groups in total. The van der Waals surface area contributed by atoms with Crippen LogP contribution in [0.25, 0.3) is 0 Å². The third kappa shape index (κ3) is 5.95. The number of aromatic nitrogens is 1. The molecule has 0 radical (unpaired) electrons. The summed E-state index contributed by atoms with van der Waals surface area (Å²) in [6.07, 6.45) is 1.99. The van der Waals surface area contributed by atoms with E-state index < -0.39 is 0 Å². The lowest BCUT2D eigenvalue weighted by Crippen LogP contribution is -2.30. The quantitative estimate of drug-likeness (QED) is 0.657. The summed E-state index contributed by atoms with van der Waals surface area (Å²) in [4.78, 5) is 28.8. The number of carbonyl (C=O) groups is 2. The molecule has 1 heterocycles. The van der Waals surface area contributed by atoms with Gasteiger partial charge >= 0.3 is 0 Å². The Morgan fingerprint density at radius 2 is 1.88 bits per heavy atom. The van der Waals surface area contributed by atoms with Crippen molar-refractivity contribution in [2.75, 3.05) is 5.73 Å². The normalized spacial score (nSPS) is 12.2. The van der Waals surface area contributed by atoms with Gasteiger partial charge in [0.15, 0.2) is 0 Å². The van der Waals surface area contributed by atoms with Crippen LogP contribution in [0.2, 0.25) is 0 Å². The van der Waals surface area contributed by atoms with Crippen LogP contribution in [0.3, 0.4) is 0 Å². The van der Waals surface area contributed by atoms with Crippen molar-refractivity contribution in [2.24, 2.45) is 5.92 Å². The molecule has 0 saturated carbocycles. The van der Waals surface area contributed by atoms with E-state index >= 15 is 0 Å². The Balaban J connectivity index is 2.08. The molecular formula is C20H27N3O2S. The largest absolute Gasteiger partial charge is 0.399 e. The predicted molar refractivity (Wildman–Crippen MR) is 106 cm³/mol. The van der Waals surface area contributed by atoms with Gasteiger partial charge in [0, 0.05) is 29.8 Å². The summed E-state index contributed by atoms with van der Waals surface area (Å²) in [5.74, 6) is -0.0510. The van der Waals surface area contributed by atoms with E-state index in [1.807, 2.05) is 43.5 Å². The molecule has 0 fully saturated rings. The van der Waals surface area contributed by atoms with Gasteiger partial charge in [0.1, 0.15) is 10.8 Å². The van der Waals surface area contributed by atoms with Gasteiger partial charge in [0.05, 0.1) is 11.7 Å². The number of anilines is 1. The van der Waals surface area contributed by atoms with Crippen LogP contribution in [0, 0.1) is 5.92 Å². The zero-order valence-corrected chi connectivity index (χ0v) is 16.4. The van der Waals surface area contributed by atoms with E-state index in [0.29, 0.717) is 12.1 Å². The second kappa shape index (κ2) is 9.48. The van der Waals surface area contributed by atoms with Gasteiger partial charge in [-0.05, 0) is 30.5 Å². The van der Waals surface area contributed by atoms with E-state index in [9.17, 15) is 9.59 Å². The number of carbonyl (C=O) groups excluding carboxylic acids is 2. The second-order valence-corrected chi connectivity index (χ2v) is 7.61. The fourth-order valence-corrected chi connectivity index (χ4v) is 3.48. The lowest BCUT2D eigenvalue weighted by Gasteiger charge is -2.17. The minimum absolute atomic E-state index is 0.0422. The highest BCUT2D eigenvalue weighted by Gasteiger charge is 2.20. The van der Waals surface area contributed by atoms with E-state index in [2.05, 4.69) is 17.2 Å². The van der Waals surface area contributed by atoms with Gasteiger partial charge in [0.25, 0.3) is 0 Å². The molecule has 0 saturated heterocycles. The highest BCUT2D eigenvalue weighted by molar-refractivity contribution is 7.09. The van der Waals surface area contributed by atoms with Crippen LogP contribution in [0.4, 0.5) is 5.69 Å². The molecule has 0 spiro atoms. The van der Waals surface area contributed by atoms with Gasteiger partial charge in [-0.2, -0.15) is 0 Å². The number of Topliss-reactive ketones (excluding diaryl/α,β-unsaturated/α-hetero) is 1. The van der Waals surface area contributed by atoms with Crippen molar-refractivity contribution in [3.05, 3.63) is 45.9 Å². The maximum Gasteiger partial charge on any atom is 0.221 e. The smallest absolute Gasteiger partial charge is 0.221 e. The number of amides is 1. The number of benzene rings is 1. The second-order valence-electron chi connectivity index (χ2n) is 6.72. The summed E-state index contributed by atoms with van der Waals surface area (Å²) in [7, 11) is 0. The average molecular weight is 374 g/mol. The first kappa shape index (κ1) is 20.1. The summed E-state index contributed by atoms with van der Waals surface area (Å²) < 4.78 is 0. The number of nitrogen functional groups attached to an aromatic ring is 1. The van der Waals surface area contributed by atoms with Gasteiger partial charge in [-0.15, -0.1) is 11.3 Å². The van der Waals surface area contributed by atoms with Crippen LogP contribution in [-0.4, -0.2) is 16.7 Å². The molecule has 1 aromatic heterocycles. The number of nitrogens with two attached hydrogens (primary N) is 1. The summed E-state index contributed by atoms with van der Waals surface area (Å²) >= 11 is 1.56. The number of ketones is 1. The van der Waals surface area contributed by atoms with Crippen LogP contribution in [-0.2, 0) is 22.4 Å². The Morgan fingerprint density at radius 1 is 1.19 bits per heavy atom. The minimum atomic E-state index is -0.203. The molecule has 0 aliphatic heterocycles. The number of nitrogens with one attached hydrogen (secondary N) is 1. The topological polar surface area (TPSA) is 85.1 Å². The van der Waals surface area contributed by atoms with Crippen molar-refractivity contribution < 1.29 is 9.59 Å². The van der Waals surface area contributed by atoms with Crippen molar-refractivity contribution in [1.29, 1.82) is 0 Å². The molecule has 2 aromatic rings. The molecule has 0 aliphatic carbocycles. The zero-order chi connectivity index (χ0) is 19.1. The summed E-state index contributed by atoms with van der Waals surface area (Å²) in [5.41, 5.74) is 8.57. The monoisotopic (exact) mass is 373 g/mol. The van der Waals surface area contributed by atoms with E-state index in [4.69, 9.17) is 5.73 Å². The van der Waals surface area contributed by atoms with Gasteiger partial charge in [-0.3, -0.25) is 9.59 Å². The Morgan fingerprint density at radius 3 is 2.46 bits per heavy atom. The molecule has 5 nitrogen and oxygen atoms in total. The molecule has 26 heavy (non-hydrogen) atoms. The number of aryl methyl sites for hydroxylation is 1. The third-order valence-corrected chi connectivity index (χ3v) is 5.23. The van der Waals surface area contributed by atoms with E-state index in [-0.39, 0.29) is 36.5 Å². The maximum absolute atomic E-state index is 12.4. The summed E-state index contributed by atoms with van der Waals surface area (Å²) in [6, 6.07) is 7.44. The van der Waals surface area contributed by atoms with Crippen molar-refractivity contribution in [3.8, 4) is 0 Å². The van der Waals surface area contributed by atoms with Crippen molar-refractivity contribution in [3.63, 3.8) is 0 Å². The van der Waals surface area contributed by atoms with Gasteiger partial charge in [-0.25, -0.2) is 4.98 Å². The SMILES string of the molecule is CCc1csc(C(Cc2ccc(N)cc2)NC(=O)CCC(=O)C(C)C)n1. The number of thiazole rings is 1. The standard InChI is InChI=1S/C20H27N3O2S/c1-4-16-12-26-20(22-16)17(11-14-5-7-15(21)8-6-14)23-19(25)10-9-18(24)13(2)3/h5-8,12-13,17H,4,9-11,21H2,1-3H3,(H,23,25). The highest BCUT2D eigenvalue weighted by Crippen LogP contribution is 2.23. The molecule has 1 unspecified atom stereocenters. The first-order chi connectivity index (χ1) is 12.4. The minimum Gasteiger partial charge on any atom is -0.399 e. The van der Waals surface area contributed by atoms with Gasteiger partial charge in [0.2, 0.25) is 5.91 Å². The molecule has 1 aromatic carbocycles. The number of rotatable bonds is 9. The van der Waals surface area contributed by atoms with Crippen LogP contribution in [0.1, 0.15) is 55.9 Å². The van der Waals surface area contributed by atoms with Gasteiger partial charge in [-0.1, -0.05) is 32.9 Å². The maximum atomic E-state index is 12.4. The number of hydrogen-bond acceptors (Lipinski definition) is 5. The molecule has 2 rings (SSSR count). The molecular weight excluding hydrogens is 346 g/mol. The Kier molecular flexibility index (Phi) is 7.33. The average Bonchev–Trinajstić information content (AvgIpc) is 3.10. The summed E-state index contributed by atoms with van der Waals surface area (Å²) in [6.45, 7) is 5.77. The van der Waals surface area contributed by atoms with E-state index in [0.717, 1.165) is 22.7 Å². The molecule has 0 bridgehead atoms. The Bertz CT molecular complexity index is 738. The van der Waals surface area contributed by atoms with Crippen molar-refractivity contribution >= 4 is 28.7 Å². The zero-order valence-electron chi connectivity index (χ0n) is 15.6. The Labute approximate surface area is 159 Å². The predicted octanol–water partition coefficient (Wildman–Crippen LogP) is 3.69. The molecule has 6 heteroatoms. The first-order valence-corrected chi connectivity index (χ1v) is 9.87. The Hall–Kier alpha value is -2.21. The molecule has 0 aliphatic rings. The fraction of sp³-hybridized carbons (Fsp3) is 0.450. The van der Waals surface area contributed by atoms with Crippen LogP contribution in [0.15, 0.2) is 29.6 Å².